The zero-order chi connectivity index (χ0) is 13.1. The van der Waals surface area contributed by atoms with Gasteiger partial charge in [-0.25, -0.2) is 0 Å². The first-order chi connectivity index (χ1) is 7.86. The molecule has 1 rings (SSSR count). The van der Waals surface area contributed by atoms with Crippen molar-refractivity contribution in [3.63, 3.8) is 0 Å². The Bertz CT molecular complexity index is 500. The van der Waals surface area contributed by atoms with Crippen LogP contribution in [0.1, 0.15) is 11.1 Å². The quantitative estimate of drug-likeness (QED) is 0.466. The van der Waals surface area contributed by atoms with E-state index in [1.807, 2.05) is 0 Å². The van der Waals surface area contributed by atoms with E-state index in [-0.39, 0.29) is 6.54 Å². The van der Waals surface area contributed by atoms with E-state index in [1.54, 1.807) is 0 Å². The topological polar surface area (TPSA) is 69.2 Å². The fourth-order valence-electron chi connectivity index (χ4n) is 1.14. The summed E-state index contributed by atoms with van der Waals surface area (Å²) in [5.41, 5.74) is 3.14. The molecule has 17 heavy (non-hydrogen) atoms. The van der Waals surface area contributed by atoms with Crippen LogP contribution in [-0.4, -0.2) is 11.5 Å². The van der Waals surface area contributed by atoms with Crippen LogP contribution in [-0.2, 0) is 6.18 Å². The summed E-state index contributed by atoms with van der Waals surface area (Å²) in [5, 5.41) is 10.4. The van der Waals surface area contributed by atoms with Crippen molar-refractivity contribution in [3.05, 3.63) is 39.4 Å². The number of hydrogen-bond acceptors (Lipinski definition) is 3. The molecule has 1 aromatic rings. The molecule has 0 saturated carbocycles. The van der Waals surface area contributed by atoms with Gasteiger partial charge < -0.3 is 5.73 Å². The average molecular weight is 244 g/mol. The molecule has 0 saturated heterocycles. The van der Waals surface area contributed by atoms with Crippen LogP contribution in [0, 0.1) is 22.0 Å². The lowest BCUT2D eigenvalue weighted by atomic mass is 10.1. The van der Waals surface area contributed by atoms with E-state index in [4.69, 9.17) is 5.73 Å². The second-order valence-corrected chi connectivity index (χ2v) is 2.99. The molecule has 0 bridgehead atoms. The molecule has 0 aliphatic heterocycles. The fourth-order valence-corrected chi connectivity index (χ4v) is 1.14. The molecular weight excluding hydrogens is 237 g/mol. The summed E-state index contributed by atoms with van der Waals surface area (Å²) in [7, 11) is 0. The van der Waals surface area contributed by atoms with Gasteiger partial charge in [-0.05, 0) is 6.07 Å². The molecule has 0 fully saturated rings. The SMILES string of the molecule is NCC#Cc1cc([N+](=O)[O-])ccc1C(F)(F)F. The number of nitro groups is 1. The summed E-state index contributed by atoms with van der Waals surface area (Å²) in [6.07, 6.45) is -4.60. The second-order valence-electron chi connectivity index (χ2n) is 2.99. The van der Waals surface area contributed by atoms with Gasteiger partial charge in [-0.3, -0.25) is 10.1 Å². The van der Waals surface area contributed by atoms with Crippen LogP contribution in [0.2, 0.25) is 0 Å². The molecule has 0 aromatic heterocycles. The fraction of sp³-hybridized carbons (Fsp3) is 0.200. The van der Waals surface area contributed by atoms with Crippen LogP contribution in [0.5, 0.6) is 0 Å². The molecule has 0 aliphatic carbocycles. The Morgan fingerprint density at radius 1 is 1.41 bits per heavy atom. The van der Waals surface area contributed by atoms with E-state index in [0.29, 0.717) is 6.07 Å². The molecule has 2 N–H and O–H groups in total. The highest BCUT2D eigenvalue weighted by atomic mass is 19.4. The Labute approximate surface area is 94.4 Å². The number of benzene rings is 1. The van der Waals surface area contributed by atoms with E-state index in [9.17, 15) is 23.3 Å². The molecule has 0 atom stereocenters. The van der Waals surface area contributed by atoms with E-state index >= 15 is 0 Å². The van der Waals surface area contributed by atoms with Crippen LogP contribution in [0.3, 0.4) is 0 Å². The number of halogens is 3. The number of nitrogens with zero attached hydrogens (tertiary/aromatic N) is 1. The largest absolute Gasteiger partial charge is 0.417 e. The maximum atomic E-state index is 12.5. The van der Waals surface area contributed by atoms with Gasteiger partial charge in [0.05, 0.1) is 17.0 Å². The first-order valence-corrected chi connectivity index (χ1v) is 4.41. The van der Waals surface area contributed by atoms with E-state index in [2.05, 4.69) is 11.8 Å². The summed E-state index contributed by atoms with van der Waals surface area (Å²) >= 11 is 0. The first kappa shape index (κ1) is 13.0. The highest BCUT2D eigenvalue weighted by Crippen LogP contribution is 2.33. The molecule has 0 unspecified atom stereocenters. The van der Waals surface area contributed by atoms with Crippen molar-refractivity contribution in [1.29, 1.82) is 0 Å². The van der Waals surface area contributed by atoms with Crippen molar-refractivity contribution in [2.45, 2.75) is 6.18 Å². The lowest BCUT2D eigenvalue weighted by Crippen LogP contribution is -2.08. The smallest absolute Gasteiger partial charge is 0.320 e. The molecule has 0 radical (unpaired) electrons. The predicted octanol–water partition coefficient (Wildman–Crippen LogP) is 1.92. The van der Waals surface area contributed by atoms with Gasteiger partial charge in [0.25, 0.3) is 5.69 Å². The number of hydrogen-bond donors (Lipinski definition) is 1. The Morgan fingerprint density at radius 2 is 2.06 bits per heavy atom. The molecule has 1 aromatic carbocycles. The summed E-state index contributed by atoms with van der Waals surface area (Å²) in [4.78, 5) is 9.66. The minimum Gasteiger partial charge on any atom is -0.320 e. The Hall–Kier alpha value is -2.07. The van der Waals surface area contributed by atoms with E-state index < -0.39 is 27.9 Å². The Balaban J connectivity index is 3.37. The lowest BCUT2D eigenvalue weighted by molar-refractivity contribution is -0.384. The van der Waals surface area contributed by atoms with Gasteiger partial charge in [-0.15, -0.1) is 0 Å². The maximum Gasteiger partial charge on any atom is 0.417 e. The molecular formula is C10H7F3N2O2. The van der Waals surface area contributed by atoms with Crippen molar-refractivity contribution in [2.24, 2.45) is 5.73 Å². The maximum absolute atomic E-state index is 12.5. The number of nitro benzene ring substituents is 1. The normalized spacial score (nSPS) is 10.6. The number of alkyl halides is 3. The molecule has 90 valence electrons. The lowest BCUT2D eigenvalue weighted by Gasteiger charge is -2.08. The van der Waals surface area contributed by atoms with Gasteiger partial charge in [-0.2, -0.15) is 13.2 Å². The van der Waals surface area contributed by atoms with Crippen molar-refractivity contribution in [1.82, 2.24) is 0 Å². The van der Waals surface area contributed by atoms with E-state index in [1.165, 1.54) is 0 Å². The van der Waals surface area contributed by atoms with Crippen LogP contribution < -0.4 is 5.73 Å². The first-order valence-electron chi connectivity index (χ1n) is 4.41. The van der Waals surface area contributed by atoms with Gasteiger partial charge in [0.2, 0.25) is 0 Å². The van der Waals surface area contributed by atoms with Gasteiger partial charge in [-0.1, -0.05) is 11.8 Å². The van der Waals surface area contributed by atoms with Gasteiger partial charge in [0.1, 0.15) is 0 Å². The zero-order valence-electron chi connectivity index (χ0n) is 8.41. The van der Waals surface area contributed by atoms with E-state index in [0.717, 1.165) is 12.1 Å². The molecule has 0 heterocycles. The van der Waals surface area contributed by atoms with Crippen LogP contribution in [0.25, 0.3) is 0 Å². The summed E-state index contributed by atoms with van der Waals surface area (Å²) in [6.45, 7) is -0.125. The highest BCUT2D eigenvalue weighted by Gasteiger charge is 2.33. The van der Waals surface area contributed by atoms with Crippen molar-refractivity contribution in [2.75, 3.05) is 6.54 Å². The van der Waals surface area contributed by atoms with Crippen LogP contribution in [0.4, 0.5) is 18.9 Å². The monoisotopic (exact) mass is 244 g/mol. The van der Waals surface area contributed by atoms with Gasteiger partial charge >= 0.3 is 6.18 Å². The molecule has 4 nitrogen and oxygen atoms in total. The zero-order valence-corrected chi connectivity index (χ0v) is 8.41. The molecule has 0 spiro atoms. The van der Waals surface area contributed by atoms with Crippen molar-refractivity contribution < 1.29 is 18.1 Å². The summed E-state index contributed by atoms with van der Waals surface area (Å²) in [5.74, 6) is 4.41. The summed E-state index contributed by atoms with van der Waals surface area (Å²) < 4.78 is 37.6. The van der Waals surface area contributed by atoms with Gasteiger partial charge in [0, 0.05) is 17.7 Å². The average Bonchev–Trinajstić information content (AvgIpc) is 2.24. The number of nitrogens with two attached hydrogens (primary N) is 1. The minimum atomic E-state index is -4.60. The number of rotatable bonds is 1. The Morgan fingerprint density at radius 3 is 2.53 bits per heavy atom. The van der Waals surface area contributed by atoms with Crippen molar-refractivity contribution >= 4 is 5.69 Å². The molecule has 0 amide bonds. The predicted molar refractivity (Wildman–Crippen MR) is 54.0 cm³/mol. The Kier molecular flexibility index (Phi) is 3.70. The van der Waals surface area contributed by atoms with Crippen LogP contribution in [0.15, 0.2) is 18.2 Å². The van der Waals surface area contributed by atoms with Crippen LogP contribution >= 0.6 is 0 Å². The highest BCUT2D eigenvalue weighted by molar-refractivity contribution is 5.49. The van der Waals surface area contributed by atoms with Crippen molar-refractivity contribution in [3.8, 4) is 11.8 Å². The molecule has 7 heteroatoms. The minimum absolute atomic E-state index is 0.125. The standard InChI is InChI=1S/C10H7F3N2O2/c11-10(12,13)9-4-3-8(15(16)17)6-7(9)2-1-5-14/h3-4,6H,5,14H2. The second kappa shape index (κ2) is 4.84. The number of non-ortho nitro benzene ring substituents is 1. The third-order valence-corrected chi connectivity index (χ3v) is 1.84. The third-order valence-electron chi connectivity index (χ3n) is 1.84. The molecule has 0 aliphatic rings. The summed E-state index contributed by atoms with van der Waals surface area (Å²) in [6, 6.07) is 2.21. The van der Waals surface area contributed by atoms with Gasteiger partial charge in [0.15, 0.2) is 0 Å². The third kappa shape index (κ3) is 3.19.